The van der Waals surface area contributed by atoms with Gasteiger partial charge in [-0.3, -0.25) is 4.79 Å². The van der Waals surface area contributed by atoms with Crippen molar-refractivity contribution < 1.29 is 13.2 Å². The molecule has 2 aromatic carbocycles. The number of benzene rings is 2. The zero-order chi connectivity index (χ0) is 19.2. The first-order valence-electron chi connectivity index (χ1n) is 8.09. The van der Waals surface area contributed by atoms with Crippen LogP contribution in [0.5, 0.6) is 0 Å². The summed E-state index contributed by atoms with van der Waals surface area (Å²) in [6, 6.07) is 14.0. The number of sulfonamides is 1. The van der Waals surface area contributed by atoms with Gasteiger partial charge in [-0.15, -0.1) is 0 Å². The molecule has 0 saturated carbocycles. The van der Waals surface area contributed by atoms with Crippen LogP contribution in [-0.2, 0) is 10.0 Å². The predicted molar refractivity (Wildman–Crippen MR) is 104 cm³/mol. The molecule has 2 rings (SSSR count). The van der Waals surface area contributed by atoms with Crippen molar-refractivity contribution in [3.8, 4) is 0 Å². The minimum Gasteiger partial charge on any atom is -0.340 e. The van der Waals surface area contributed by atoms with Crippen molar-refractivity contribution in [2.24, 2.45) is 0 Å². The zero-order valence-electron chi connectivity index (χ0n) is 15.0. The molecule has 0 aromatic heterocycles. The van der Waals surface area contributed by atoms with E-state index in [9.17, 15) is 13.2 Å². The van der Waals surface area contributed by atoms with Gasteiger partial charge < -0.3 is 10.2 Å². The van der Waals surface area contributed by atoms with Gasteiger partial charge in [0, 0.05) is 29.9 Å². The number of nitrogens with one attached hydrogen (secondary N) is 2. The Bertz CT molecular complexity index is 852. The second-order valence-electron chi connectivity index (χ2n) is 5.61. The van der Waals surface area contributed by atoms with Crippen LogP contribution in [0.2, 0.25) is 0 Å². The van der Waals surface area contributed by atoms with E-state index in [0.29, 0.717) is 12.1 Å². The Morgan fingerprint density at radius 3 is 2.35 bits per heavy atom. The Labute approximate surface area is 159 Å². The first-order chi connectivity index (χ1) is 12.4. The smallest absolute Gasteiger partial charge is 0.254 e. The van der Waals surface area contributed by atoms with Gasteiger partial charge in [-0.25, -0.2) is 13.1 Å². The third-order valence-corrected chi connectivity index (χ3v) is 6.31. The Morgan fingerprint density at radius 2 is 1.73 bits per heavy atom. The molecule has 8 heteroatoms. The fourth-order valence-corrected chi connectivity index (χ4v) is 3.92. The summed E-state index contributed by atoms with van der Waals surface area (Å²) in [4.78, 5) is 16.3. The second-order valence-corrected chi connectivity index (χ2v) is 8.61. The monoisotopic (exact) mass is 393 g/mol. The molecule has 1 amide bonds. The summed E-state index contributed by atoms with van der Waals surface area (Å²) in [5.74, 6) is -0.0438. The molecule has 26 heavy (non-hydrogen) atoms. The largest absolute Gasteiger partial charge is 0.340 e. The summed E-state index contributed by atoms with van der Waals surface area (Å²) in [7, 11) is 1.55. The van der Waals surface area contributed by atoms with Crippen molar-refractivity contribution in [2.75, 3.05) is 34.2 Å². The molecule has 0 radical (unpaired) electrons. The fraction of sp³-hybridized carbons (Fsp3) is 0.278. The van der Waals surface area contributed by atoms with Gasteiger partial charge in [-0.05, 0) is 50.5 Å². The minimum atomic E-state index is -3.46. The maximum absolute atomic E-state index is 12.7. The van der Waals surface area contributed by atoms with Crippen LogP contribution in [-0.4, -0.2) is 53.5 Å². The standard InChI is InChI=1S/C18H23N3O3S2/c1-19-12-13-21(3)18(22)16-6-4-5-7-17(16)25-14-8-10-15(11-9-14)26(23,24)20-2/h4-11,19-20H,12-13H2,1-3H3. The Balaban J connectivity index is 2.21. The van der Waals surface area contributed by atoms with Crippen molar-refractivity contribution >= 4 is 27.7 Å². The maximum Gasteiger partial charge on any atom is 0.254 e. The number of amides is 1. The first kappa shape index (κ1) is 20.4. The molecule has 0 spiro atoms. The van der Waals surface area contributed by atoms with Crippen LogP contribution in [0, 0.1) is 0 Å². The molecule has 0 unspecified atom stereocenters. The normalized spacial score (nSPS) is 11.3. The Kier molecular flexibility index (Phi) is 7.22. The molecule has 0 bridgehead atoms. The summed E-state index contributed by atoms with van der Waals surface area (Å²) < 4.78 is 25.9. The van der Waals surface area contributed by atoms with Gasteiger partial charge in [0.25, 0.3) is 5.91 Å². The number of carbonyl (C=O) groups is 1. The lowest BCUT2D eigenvalue weighted by molar-refractivity contribution is 0.0793. The van der Waals surface area contributed by atoms with Gasteiger partial charge in [-0.2, -0.15) is 0 Å². The molecule has 0 aliphatic rings. The zero-order valence-corrected chi connectivity index (χ0v) is 16.7. The van der Waals surface area contributed by atoms with Crippen LogP contribution in [0.25, 0.3) is 0 Å². The molecule has 0 aliphatic heterocycles. The van der Waals surface area contributed by atoms with Crippen molar-refractivity contribution in [1.29, 1.82) is 0 Å². The molecule has 0 fully saturated rings. The Hall–Kier alpha value is -1.87. The highest BCUT2D eigenvalue weighted by Gasteiger charge is 2.16. The molecule has 0 atom stereocenters. The van der Waals surface area contributed by atoms with E-state index >= 15 is 0 Å². The molecule has 0 heterocycles. The van der Waals surface area contributed by atoms with E-state index in [0.717, 1.165) is 16.3 Å². The van der Waals surface area contributed by atoms with E-state index in [1.165, 1.54) is 18.8 Å². The van der Waals surface area contributed by atoms with E-state index in [1.807, 2.05) is 25.2 Å². The lowest BCUT2D eigenvalue weighted by atomic mass is 10.2. The molecule has 2 N–H and O–H groups in total. The topological polar surface area (TPSA) is 78.5 Å². The maximum atomic E-state index is 12.7. The molecular weight excluding hydrogens is 370 g/mol. The SMILES string of the molecule is CNCCN(C)C(=O)c1ccccc1Sc1ccc(S(=O)(=O)NC)cc1. The average Bonchev–Trinajstić information content (AvgIpc) is 2.66. The van der Waals surface area contributed by atoms with Crippen LogP contribution in [0.15, 0.2) is 63.2 Å². The lowest BCUT2D eigenvalue weighted by Gasteiger charge is -2.18. The Morgan fingerprint density at radius 1 is 1.08 bits per heavy atom. The third-order valence-electron chi connectivity index (χ3n) is 3.79. The number of hydrogen-bond donors (Lipinski definition) is 2. The van der Waals surface area contributed by atoms with E-state index < -0.39 is 10.0 Å². The molecule has 0 aliphatic carbocycles. The average molecular weight is 394 g/mol. The number of likely N-dealkylation sites (N-methyl/N-ethyl adjacent to an activating group) is 2. The summed E-state index contributed by atoms with van der Waals surface area (Å²) in [6.45, 7) is 1.34. The number of rotatable bonds is 8. The van der Waals surface area contributed by atoms with Crippen LogP contribution in [0.4, 0.5) is 0 Å². The summed E-state index contributed by atoms with van der Waals surface area (Å²) in [6.07, 6.45) is 0. The molecule has 140 valence electrons. The van der Waals surface area contributed by atoms with Gasteiger partial charge in [0.15, 0.2) is 0 Å². The van der Waals surface area contributed by atoms with Gasteiger partial charge in [0.1, 0.15) is 0 Å². The van der Waals surface area contributed by atoms with Crippen LogP contribution in [0.3, 0.4) is 0 Å². The number of carbonyl (C=O) groups excluding carboxylic acids is 1. The predicted octanol–water partition coefficient (Wildman–Crippen LogP) is 2.04. The third kappa shape index (κ3) is 5.07. The van der Waals surface area contributed by atoms with E-state index in [1.54, 1.807) is 42.3 Å². The second kappa shape index (κ2) is 9.18. The lowest BCUT2D eigenvalue weighted by Crippen LogP contribution is -2.33. The highest BCUT2D eigenvalue weighted by molar-refractivity contribution is 7.99. The van der Waals surface area contributed by atoms with E-state index in [-0.39, 0.29) is 10.8 Å². The first-order valence-corrected chi connectivity index (χ1v) is 10.4. The van der Waals surface area contributed by atoms with E-state index in [2.05, 4.69) is 10.0 Å². The molecule has 0 saturated heterocycles. The van der Waals surface area contributed by atoms with Crippen molar-refractivity contribution in [3.05, 3.63) is 54.1 Å². The van der Waals surface area contributed by atoms with Crippen molar-refractivity contribution in [1.82, 2.24) is 14.9 Å². The highest BCUT2D eigenvalue weighted by Crippen LogP contribution is 2.31. The van der Waals surface area contributed by atoms with Gasteiger partial charge in [-0.1, -0.05) is 23.9 Å². The highest BCUT2D eigenvalue weighted by atomic mass is 32.2. The summed E-state index contributed by atoms with van der Waals surface area (Å²) in [5.41, 5.74) is 0.628. The fourth-order valence-electron chi connectivity index (χ4n) is 2.25. The molecular formula is C18H23N3O3S2. The number of hydrogen-bond acceptors (Lipinski definition) is 5. The molecule has 6 nitrogen and oxygen atoms in total. The van der Waals surface area contributed by atoms with Gasteiger partial charge in [0.05, 0.1) is 10.5 Å². The van der Waals surface area contributed by atoms with E-state index in [4.69, 9.17) is 0 Å². The number of nitrogens with zero attached hydrogens (tertiary/aromatic N) is 1. The quantitative estimate of drug-likeness (QED) is 0.718. The van der Waals surface area contributed by atoms with Gasteiger partial charge in [0.2, 0.25) is 10.0 Å². The van der Waals surface area contributed by atoms with Crippen molar-refractivity contribution in [3.63, 3.8) is 0 Å². The van der Waals surface area contributed by atoms with Crippen molar-refractivity contribution in [2.45, 2.75) is 14.7 Å². The van der Waals surface area contributed by atoms with Crippen LogP contribution in [0.1, 0.15) is 10.4 Å². The van der Waals surface area contributed by atoms with Crippen LogP contribution >= 0.6 is 11.8 Å². The summed E-state index contributed by atoms with van der Waals surface area (Å²) >= 11 is 1.43. The van der Waals surface area contributed by atoms with Crippen LogP contribution < -0.4 is 10.0 Å². The molecule has 2 aromatic rings. The summed E-state index contributed by atoms with van der Waals surface area (Å²) in [5, 5.41) is 3.03. The minimum absolute atomic E-state index is 0.0438. The van der Waals surface area contributed by atoms with Gasteiger partial charge >= 0.3 is 0 Å².